The Balaban J connectivity index is 2.25. The molecule has 1 heterocycles. The molecule has 3 N–H and O–H groups in total. The van der Waals surface area contributed by atoms with E-state index in [-0.39, 0.29) is 6.04 Å². The van der Waals surface area contributed by atoms with E-state index >= 15 is 0 Å². The number of nitrogen functional groups attached to an aromatic ring is 1. The van der Waals surface area contributed by atoms with Crippen LogP contribution in [0.25, 0.3) is 0 Å². The van der Waals surface area contributed by atoms with Gasteiger partial charge in [0, 0.05) is 17.8 Å². The maximum absolute atomic E-state index is 5.71. The molecule has 1 atom stereocenters. The van der Waals surface area contributed by atoms with Gasteiger partial charge in [0.05, 0.1) is 7.11 Å². The molecule has 0 aliphatic heterocycles. The number of pyridine rings is 1. The molecule has 100 valence electrons. The molecule has 2 rings (SSSR count). The summed E-state index contributed by atoms with van der Waals surface area (Å²) in [6, 6.07) is 12.1. The molecule has 0 spiro atoms. The lowest BCUT2D eigenvalue weighted by atomic mass is 9.98. The largest absolute Gasteiger partial charge is 0.496 e. The Bertz CT molecular complexity index is 542. The smallest absolute Gasteiger partial charge is 0.123 e. The highest BCUT2D eigenvalue weighted by molar-refractivity contribution is 5.38. The second-order valence-corrected chi connectivity index (χ2v) is 4.38. The number of nitrogens with two attached hydrogens (primary N) is 1. The Morgan fingerprint density at radius 2 is 2.11 bits per heavy atom. The van der Waals surface area contributed by atoms with Gasteiger partial charge in [0.1, 0.15) is 11.6 Å². The van der Waals surface area contributed by atoms with E-state index in [1.807, 2.05) is 37.4 Å². The summed E-state index contributed by atoms with van der Waals surface area (Å²) in [4.78, 5) is 4.01. The topological polar surface area (TPSA) is 60.2 Å². The fraction of sp³-hybridized carbons (Fsp3) is 0.267. The van der Waals surface area contributed by atoms with Gasteiger partial charge in [-0.15, -0.1) is 0 Å². The highest BCUT2D eigenvalue weighted by Crippen LogP contribution is 2.27. The van der Waals surface area contributed by atoms with Crippen LogP contribution in [-0.4, -0.2) is 19.1 Å². The summed E-state index contributed by atoms with van der Waals surface area (Å²) >= 11 is 0. The molecule has 2 aromatic rings. The number of likely N-dealkylation sites (N-methyl/N-ethyl adjacent to an activating group) is 1. The predicted molar refractivity (Wildman–Crippen MR) is 77.1 cm³/mol. The minimum Gasteiger partial charge on any atom is -0.496 e. The third-order valence-electron chi connectivity index (χ3n) is 3.15. The van der Waals surface area contributed by atoms with Gasteiger partial charge < -0.3 is 15.8 Å². The number of nitrogens with zero attached hydrogens (tertiary/aromatic N) is 1. The summed E-state index contributed by atoms with van der Waals surface area (Å²) < 4.78 is 5.41. The number of hydrogen-bond acceptors (Lipinski definition) is 4. The number of rotatable bonds is 5. The first-order chi connectivity index (χ1) is 9.24. The fourth-order valence-corrected chi connectivity index (χ4v) is 2.18. The standard InChI is InChI=1S/C15H19N3O/c1-17-13(9-11-7-8-18-15(16)10-11)12-5-3-4-6-14(12)19-2/h3-8,10,13,17H,9H2,1-2H3,(H2,16,18). The van der Waals surface area contributed by atoms with Crippen molar-refractivity contribution >= 4 is 5.82 Å². The average Bonchev–Trinajstić information content (AvgIpc) is 2.45. The molecular formula is C15H19N3O. The summed E-state index contributed by atoms with van der Waals surface area (Å²) in [6.07, 6.45) is 2.57. The van der Waals surface area contributed by atoms with Crippen LogP contribution in [0, 0.1) is 0 Å². The Kier molecular flexibility index (Phi) is 4.36. The molecule has 0 aliphatic carbocycles. The Labute approximate surface area is 113 Å². The quantitative estimate of drug-likeness (QED) is 0.862. The van der Waals surface area contributed by atoms with E-state index in [2.05, 4.69) is 16.4 Å². The number of benzene rings is 1. The number of ether oxygens (including phenoxy) is 1. The molecule has 0 aliphatic rings. The zero-order chi connectivity index (χ0) is 13.7. The van der Waals surface area contributed by atoms with Crippen molar-refractivity contribution in [1.82, 2.24) is 10.3 Å². The molecule has 19 heavy (non-hydrogen) atoms. The first-order valence-electron chi connectivity index (χ1n) is 6.25. The van der Waals surface area contributed by atoms with E-state index in [1.54, 1.807) is 13.3 Å². The molecule has 4 heteroatoms. The molecular weight excluding hydrogens is 238 g/mol. The molecule has 1 unspecified atom stereocenters. The van der Waals surface area contributed by atoms with Crippen LogP contribution in [0.4, 0.5) is 5.82 Å². The maximum Gasteiger partial charge on any atom is 0.123 e. The predicted octanol–water partition coefficient (Wildman–Crippen LogP) is 2.18. The lowest BCUT2D eigenvalue weighted by Crippen LogP contribution is -2.19. The van der Waals surface area contributed by atoms with Crippen LogP contribution in [0.3, 0.4) is 0 Å². The Hall–Kier alpha value is -2.07. The van der Waals surface area contributed by atoms with Crippen LogP contribution in [0.15, 0.2) is 42.6 Å². The zero-order valence-electron chi connectivity index (χ0n) is 11.3. The highest BCUT2D eigenvalue weighted by atomic mass is 16.5. The van der Waals surface area contributed by atoms with Crippen molar-refractivity contribution in [2.24, 2.45) is 0 Å². The van der Waals surface area contributed by atoms with E-state index in [1.165, 1.54) is 0 Å². The monoisotopic (exact) mass is 257 g/mol. The van der Waals surface area contributed by atoms with Gasteiger partial charge in [0.25, 0.3) is 0 Å². The van der Waals surface area contributed by atoms with Crippen molar-refractivity contribution in [3.63, 3.8) is 0 Å². The molecule has 1 aromatic heterocycles. The van der Waals surface area contributed by atoms with Gasteiger partial charge in [-0.3, -0.25) is 0 Å². The summed E-state index contributed by atoms with van der Waals surface area (Å²) in [5.74, 6) is 1.44. The SMILES string of the molecule is CNC(Cc1ccnc(N)c1)c1ccccc1OC. The van der Waals surface area contributed by atoms with Crippen molar-refractivity contribution in [2.75, 3.05) is 19.9 Å². The summed E-state index contributed by atoms with van der Waals surface area (Å²) in [6.45, 7) is 0. The van der Waals surface area contributed by atoms with Gasteiger partial charge in [-0.05, 0) is 37.2 Å². The zero-order valence-corrected chi connectivity index (χ0v) is 11.3. The number of para-hydroxylation sites is 1. The summed E-state index contributed by atoms with van der Waals surface area (Å²) in [5, 5.41) is 3.32. The second-order valence-electron chi connectivity index (χ2n) is 4.38. The van der Waals surface area contributed by atoms with Gasteiger partial charge in [-0.2, -0.15) is 0 Å². The molecule has 4 nitrogen and oxygen atoms in total. The van der Waals surface area contributed by atoms with Gasteiger partial charge in [0.2, 0.25) is 0 Å². The number of aromatic nitrogens is 1. The van der Waals surface area contributed by atoms with Crippen molar-refractivity contribution in [3.8, 4) is 5.75 Å². The third-order valence-corrected chi connectivity index (χ3v) is 3.15. The minimum absolute atomic E-state index is 0.179. The Morgan fingerprint density at radius 3 is 2.79 bits per heavy atom. The number of hydrogen-bond donors (Lipinski definition) is 2. The fourth-order valence-electron chi connectivity index (χ4n) is 2.18. The van der Waals surface area contributed by atoms with E-state index in [0.29, 0.717) is 5.82 Å². The molecule has 0 bridgehead atoms. The van der Waals surface area contributed by atoms with Crippen molar-refractivity contribution in [3.05, 3.63) is 53.7 Å². The van der Waals surface area contributed by atoms with Crippen LogP contribution in [0.2, 0.25) is 0 Å². The average molecular weight is 257 g/mol. The van der Waals surface area contributed by atoms with E-state index in [0.717, 1.165) is 23.3 Å². The number of nitrogens with one attached hydrogen (secondary N) is 1. The van der Waals surface area contributed by atoms with Crippen molar-refractivity contribution in [2.45, 2.75) is 12.5 Å². The number of methoxy groups -OCH3 is 1. The minimum atomic E-state index is 0.179. The van der Waals surface area contributed by atoms with Crippen LogP contribution >= 0.6 is 0 Å². The normalized spacial score (nSPS) is 12.1. The van der Waals surface area contributed by atoms with E-state index < -0.39 is 0 Å². The molecule has 0 saturated carbocycles. The molecule has 0 amide bonds. The maximum atomic E-state index is 5.71. The second kappa shape index (κ2) is 6.20. The first kappa shape index (κ1) is 13.4. The van der Waals surface area contributed by atoms with Crippen LogP contribution in [0.1, 0.15) is 17.2 Å². The highest BCUT2D eigenvalue weighted by Gasteiger charge is 2.14. The van der Waals surface area contributed by atoms with Gasteiger partial charge in [-0.1, -0.05) is 18.2 Å². The summed E-state index contributed by atoms with van der Waals surface area (Å²) in [5.41, 5.74) is 8.01. The van der Waals surface area contributed by atoms with Crippen LogP contribution < -0.4 is 15.8 Å². The van der Waals surface area contributed by atoms with Gasteiger partial charge in [-0.25, -0.2) is 4.98 Å². The molecule has 0 radical (unpaired) electrons. The molecule has 0 fully saturated rings. The van der Waals surface area contributed by atoms with Gasteiger partial charge in [0.15, 0.2) is 0 Å². The number of anilines is 1. The van der Waals surface area contributed by atoms with Crippen molar-refractivity contribution < 1.29 is 4.74 Å². The van der Waals surface area contributed by atoms with Crippen LogP contribution in [0.5, 0.6) is 5.75 Å². The van der Waals surface area contributed by atoms with Crippen molar-refractivity contribution in [1.29, 1.82) is 0 Å². The summed E-state index contributed by atoms with van der Waals surface area (Å²) in [7, 11) is 3.64. The van der Waals surface area contributed by atoms with Crippen LogP contribution in [-0.2, 0) is 6.42 Å². The molecule has 0 saturated heterocycles. The molecule has 1 aromatic carbocycles. The van der Waals surface area contributed by atoms with E-state index in [9.17, 15) is 0 Å². The van der Waals surface area contributed by atoms with Gasteiger partial charge >= 0.3 is 0 Å². The lowest BCUT2D eigenvalue weighted by molar-refractivity contribution is 0.401. The van der Waals surface area contributed by atoms with E-state index in [4.69, 9.17) is 10.5 Å². The first-order valence-corrected chi connectivity index (χ1v) is 6.25. The third kappa shape index (κ3) is 3.23. The lowest BCUT2D eigenvalue weighted by Gasteiger charge is -2.19. The Morgan fingerprint density at radius 1 is 1.32 bits per heavy atom.